The SMILES string of the molecule is CCCCCSCCNc1ccccc1C. The number of unbranched alkanes of at least 4 members (excludes halogenated alkanes) is 2. The van der Waals surface area contributed by atoms with Crippen molar-refractivity contribution in [1.82, 2.24) is 0 Å². The largest absolute Gasteiger partial charge is 0.384 e. The van der Waals surface area contributed by atoms with Gasteiger partial charge in [0, 0.05) is 18.0 Å². The van der Waals surface area contributed by atoms with Gasteiger partial charge in [0.1, 0.15) is 0 Å². The molecule has 0 aliphatic heterocycles. The molecule has 0 aliphatic carbocycles. The van der Waals surface area contributed by atoms with Gasteiger partial charge in [-0.2, -0.15) is 11.8 Å². The van der Waals surface area contributed by atoms with Gasteiger partial charge in [-0.25, -0.2) is 0 Å². The summed E-state index contributed by atoms with van der Waals surface area (Å²) in [6.45, 7) is 5.47. The van der Waals surface area contributed by atoms with Gasteiger partial charge in [-0.1, -0.05) is 38.0 Å². The Bertz CT molecular complexity index is 286. The molecule has 16 heavy (non-hydrogen) atoms. The molecule has 90 valence electrons. The van der Waals surface area contributed by atoms with E-state index in [1.54, 1.807) is 0 Å². The lowest BCUT2D eigenvalue weighted by atomic mass is 10.2. The van der Waals surface area contributed by atoms with Crippen molar-refractivity contribution in [2.24, 2.45) is 0 Å². The van der Waals surface area contributed by atoms with Gasteiger partial charge < -0.3 is 5.32 Å². The van der Waals surface area contributed by atoms with Crippen molar-refractivity contribution in [2.45, 2.75) is 33.1 Å². The van der Waals surface area contributed by atoms with Crippen LogP contribution < -0.4 is 5.32 Å². The first-order valence-electron chi connectivity index (χ1n) is 6.22. The number of rotatable bonds is 8. The Morgan fingerprint density at radius 1 is 1.12 bits per heavy atom. The van der Waals surface area contributed by atoms with Crippen LogP contribution in [0.25, 0.3) is 0 Å². The molecule has 1 aromatic rings. The average molecular weight is 237 g/mol. The molecular weight excluding hydrogens is 214 g/mol. The molecule has 1 N–H and O–H groups in total. The Morgan fingerprint density at radius 3 is 2.69 bits per heavy atom. The van der Waals surface area contributed by atoms with Crippen LogP contribution in [0.15, 0.2) is 24.3 Å². The minimum absolute atomic E-state index is 1.07. The second-order valence-corrected chi connectivity index (χ2v) is 5.29. The number of hydrogen-bond acceptors (Lipinski definition) is 2. The molecule has 0 radical (unpaired) electrons. The predicted molar refractivity (Wildman–Crippen MR) is 76.5 cm³/mol. The fourth-order valence-electron chi connectivity index (χ4n) is 1.59. The van der Waals surface area contributed by atoms with Crippen LogP contribution in [0.1, 0.15) is 31.7 Å². The Balaban J connectivity index is 2.05. The van der Waals surface area contributed by atoms with Gasteiger partial charge >= 0.3 is 0 Å². The number of thioether (sulfide) groups is 1. The Labute approximate surface area is 104 Å². The first-order chi connectivity index (χ1) is 7.84. The molecule has 0 heterocycles. The third kappa shape index (κ3) is 5.45. The van der Waals surface area contributed by atoms with Crippen molar-refractivity contribution in [2.75, 3.05) is 23.4 Å². The lowest BCUT2D eigenvalue weighted by Crippen LogP contribution is -2.05. The number of anilines is 1. The minimum atomic E-state index is 1.07. The molecule has 0 amide bonds. The molecule has 0 saturated carbocycles. The quantitative estimate of drug-likeness (QED) is 0.675. The lowest BCUT2D eigenvalue weighted by Gasteiger charge is -2.08. The van der Waals surface area contributed by atoms with Crippen molar-refractivity contribution in [3.05, 3.63) is 29.8 Å². The fraction of sp³-hybridized carbons (Fsp3) is 0.571. The zero-order valence-electron chi connectivity index (χ0n) is 10.5. The van der Waals surface area contributed by atoms with Crippen molar-refractivity contribution >= 4 is 17.4 Å². The summed E-state index contributed by atoms with van der Waals surface area (Å²) in [4.78, 5) is 0. The summed E-state index contributed by atoms with van der Waals surface area (Å²) in [6, 6.07) is 8.47. The highest BCUT2D eigenvalue weighted by atomic mass is 32.2. The average Bonchev–Trinajstić information content (AvgIpc) is 2.30. The van der Waals surface area contributed by atoms with Gasteiger partial charge in [-0.3, -0.25) is 0 Å². The molecule has 2 heteroatoms. The highest BCUT2D eigenvalue weighted by Crippen LogP contribution is 2.13. The van der Waals surface area contributed by atoms with Crippen LogP contribution in [0.2, 0.25) is 0 Å². The number of benzene rings is 1. The molecule has 0 bridgehead atoms. The third-order valence-corrected chi connectivity index (χ3v) is 3.67. The molecule has 1 aromatic carbocycles. The maximum atomic E-state index is 3.48. The molecule has 0 aromatic heterocycles. The smallest absolute Gasteiger partial charge is 0.0370 e. The first-order valence-corrected chi connectivity index (χ1v) is 7.37. The van der Waals surface area contributed by atoms with Gasteiger partial charge in [-0.05, 0) is 30.7 Å². The fourth-order valence-corrected chi connectivity index (χ4v) is 2.44. The number of hydrogen-bond donors (Lipinski definition) is 1. The predicted octanol–water partition coefficient (Wildman–Crippen LogP) is 4.33. The highest BCUT2D eigenvalue weighted by molar-refractivity contribution is 7.99. The van der Waals surface area contributed by atoms with Gasteiger partial charge in [0.05, 0.1) is 0 Å². The van der Waals surface area contributed by atoms with E-state index >= 15 is 0 Å². The van der Waals surface area contributed by atoms with E-state index < -0.39 is 0 Å². The molecule has 0 fully saturated rings. The topological polar surface area (TPSA) is 12.0 Å². The monoisotopic (exact) mass is 237 g/mol. The van der Waals surface area contributed by atoms with E-state index in [-0.39, 0.29) is 0 Å². The normalized spacial score (nSPS) is 10.4. The third-order valence-electron chi connectivity index (χ3n) is 2.60. The van der Waals surface area contributed by atoms with Crippen molar-refractivity contribution < 1.29 is 0 Å². The van der Waals surface area contributed by atoms with Gasteiger partial charge in [0.25, 0.3) is 0 Å². The molecule has 0 saturated heterocycles. The Hall–Kier alpha value is -0.630. The summed E-state index contributed by atoms with van der Waals surface area (Å²) >= 11 is 2.06. The van der Waals surface area contributed by atoms with E-state index in [2.05, 4.69) is 55.2 Å². The number of nitrogens with one attached hydrogen (secondary N) is 1. The molecular formula is C14H23NS. The van der Waals surface area contributed by atoms with Crippen LogP contribution in [-0.4, -0.2) is 18.1 Å². The van der Waals surface area contributed by atoms with Crippen LogP contribution in [0.4, 0.5) is 5.69 Å². The van der Waals surface area contributed by atoms with Crippen molar-refractivity contribution in [1.29, 1.82) is 0 Å². The summed E-state index contributed by atoms with van der Waals surface area (Å²) < 4.78 is 0. The highest BCUT2D eigenvalue weighted by Gasteiger charge is 1.95. The summed E-state index contributed by atoms with van der Waals surface area (Å²) in [6.07, 6.45) is 4.06. The summed E-state index contributed by atoms with van der Waals surface area (Å²) in [5.41, 5.74) is 2.61. The van der Waals surface area contributed by atoms with Crippen LogP contribution >= 0.6 is 11.8 Å². The van der Waals surface area contributed by atoms with Gasteiger partial charge in [0.2, 0.25) is 0 Å². The Morgan fingerprint density at radius 2 is 1.94 bits per heavy atom. The standard InChI is InChI=1S/C14H23NS/c1-3-4-7-11-16-12-10-15-14-9-6-5-8-13(14)2/h5-6,8-9,15H,3-4,7,10-12H2,1-2H3. The maximum Gasteiger partial charge on any atom is 0.0370 e. The minimum Gasteiger partial charge on any atom is -0.384 e. The van der Waals surface area contributed by atoms with E-state index in [0.29, 0.717) is 0 Å². The van der Waals surface area contributed by atoms with Crippen LogP contribution in [0.3, 0.4) is 0 Å². The van der Waals surface area contributed by atoms with E-state index in [1.165, 1.54) is 42.0 Å². The molecule has 0 unspecified atom stereocenters. The van der Waals surface area contributed by atoms with Crippen LogP contribution in [0.5, 0.6) is 0 Å². The summed E-state index contributed by atoms with van der Waals surface area (Å²) in [5.74, 6) is 2.52. The van der Waals surface area contributed by atoms with E-state index in [0.717, 1.165) is 6.54 Å². The molecule has 1 rings (SSSR count). The van der Waals surface area contributed by atoms with E-state index in [4.69, 9.17) is 0 Å². The molecule has 0 aliphatic rings. The van der Waals surface area contributed by atoms with Gasteiger partial charge in [-0.15, -0.1) is 0 Å². The second-order valence-electron chi connectivity index (χ2n) is 4.06. The van der Waals surface area contributed by atoms with Crippen molar-refractivity contribution in [3.63, 3.8) is 0 Å². The first kappa shape index (κ1) is 13.4. The maximum absolute atomic E-state index is 3.48. The Kier molecular flexibility index (Phi) is 7.15. The van der Waals surface area contributed by atoms with Gasteiger partial charge in [0.15, 0.2) is 0 Å². The molecule has 1 nitrogen and oxygen atoms in total. The van der Waals surface area contributed by atoms with Crippen LogP contribution in [0, 0.1) is 6.92 Å². The van der Waals surface area contributed by atoms with E-state index in [9.17, 15) is 0 Å². The number of para-hydroxylation sites is 1. The molecule has 0 spiro atoms. The second kappa shape index (κ2) is 8.51. The zero-order valence-corrected chi connectivity index (χ0v) is 11.3. The van der Waals surface area contributed by atoms with Crippen molar-refractivity contribution in [3.8, 4) is 0 Å². The number of aryl methyl sites for hydroxylation is 1. The van der Waals surface area contributed by atoms with Crippen LogP contribution in [-0.2, 0) is 0 Å². The molecule has 0 atom stereocenters. The van der Waals surface area contributed by atoms with E-state index in [1.807, 2.05) is 0 Å². The summed E-state index contributed by atoms with van der Waals surface area (Å²) in [5, 5.41) is 3.48. The zero-order chi connectivity index (χ0) is 11.6. The lowest BCUT2D eigenvalue weighted by molar-refractivity contribution is 0.778. The summed E-state index contributed by atoms with van der Waals surface area (Å²) in [7, 11) is 0.